The van der Waals surface area contributed by atoms with Crippen molar-refractivity contribution in [3.05, 3.63) is 53.8 Å². The van der Waals surface area contributed by atoms with Crippen LogP contribution >= 0.6 is 0 Å². The summed E-state index contributed by atoms with van der Waals surface area (Å²) in [5.74, 6) is -0.927. The quantitative estimate of drug-likeness (QED) is 0.663. The van der Waals surface area contributed by atoms with Crippen LogP contribution in [0, 0.1) is 5.82 Å². The van der Waals surface area contributed by atoms with E-state index in [-0.39, 0.29) is 17.9 Å². The fourth-order valence-corrected chi connectivity index (χ4v) is 1.79. The smallest absolute Gasteiger partial charge is 0.340 e. The molecule has 0 unspecified atom stereocenters. The molecule has 20 heavy (non-hydrogen) atoms. The van der Waals surface area contributed by atoms with Gasteiger partial charge in [0.25, 0.3) is 0 Å². The molecule has 0 saturated carbocycles. The maximum atomic E-state index is 13.7. The summed E-state index contributed by atoms with van der Waals surface area (Å²) in [5.41, 5.74) is 7.07. The van der Waals surface area contributed by atoms with E-state index >= 15 is 0 Å². The lowest BCUT2D eigenvalue weighted by Crippen LogP contribution is -2.10. The molecule has 3 N–H and O–H groups in total. The summed E-state index contributed by atoms with van der Waals surface area (Å²) in [4.78, 5) is 11.9. The predicted molar refractivity (Wildman–Crippen MR) is 76.5 cm³/mol. The highest BCUT2D eigenvalue weighted by Crippen LogP contribution is 2.29. The molecule has 4 nitrogen and oxygen atoms in total. The van der Waals surface area contributed by atoms with Crippen molar-refractivity contribution in [2.45, 2.75) is 6.92 Å². The van der Waals surface area contributed by atoms with Crippen molar-refractivity contribution in [2.75, 3.05) is 17.7 Å². The third kappa shape index (κ3) is 2.88. The van der Waals surface area contributed by atoms with E-state index in [0.717, 1.165) is 0 Å². The van der Waals surface area contributed by atoms with Crippen molar-refractivity contribution >= 4 is 23.0 Å². The SMILES string of the molecule is CCOC(=O)c1cccc(N)c1Nc1ccccc1F. The van der Waals surface area contributed by atoms with Gasteiger partial charge in [-0.1, -0.05) is 18.2 Å². The summed E-state index contributed by atoms with van der Waals surface area (Å²) in [6.45, 7) is 1.97. The molecule has 5 heteroatoms. The largest absolute Gasteiger partial charge is 0.462 e. The Morgan fingerprint density at radius 2 is 2.00 bits per heavy atom. The highest BCUT2D eigenvalue weighted by atomic mass is 19.1. The number of carbonyl (C=O) groups is 1. The van der Waals surface area contributed by atoms with Gasteiger partial charge in [0.2, 0.25) is 0 Å². The standard InChI is InChI=1S/C15H15FN2O2/c1-2-20-15(19)10-6-5-8-12(17)14(10)18-13-9-4-3-7-11(13)16/h3-9,18H,2,17H2,1H3. The van der Waals surface area contributed by atoms with Gasteiger partial charge in [-0.05, 0) is 31.2 Å². The lowest BCUT2D eigenvalue weighted by atomic mass is 10.1. The first kappa shape index (κ1) is 13.9. The van der Waals surface area contributed by atoms with E-state index in [4.69, 9.17) is 10.5 Å². The van der Waals surface area contributed by atoms with Gasteiger partial charge in [-0.15, -0.1) is 0 Å². The maximum absolute atomic E-state index is 13.7. The first-order chi connectivity index (χ1) is 9.63. The fraction of sp³-hybridized carbons (Fsp3) is 0.133. The van der Waals surface area contributed by atoms with Crippen LogP contribution in [0.5, 0.6) is 0 Å². The van der Waals surface area contributed by atoms with Crippen molar-refractivity contribution in [1.82, 2.24) is 0 Å². The number of rotatable bonds is 4. The molecule has 0 atom stereocenters. The Hall–Kier alpha value is -2.56. The number of halogens is 1. The molecule has 2 aromatic rings. The summed E-state index contributed by atoms with van der Waals surface area (Å²) in [6.07, 6.45) is 0. The van der Waals surface area contributed by atoms with Crippen LogP contribution in [0.25, 0.3) is 0 Å². The number of anilines is 3. The highest BCUT2D eigenvalue weighted by molar-refractivity contribution is 5.99. The molecule has 2 aromatic carbocycles. The van der Waals surface area contributed by atoms with Gasteiger partial charge in [0.05, 0.1) is 29.2 Å². The number of hydrogen-bond acceptors (Lipinski definition) is 4. The molecule has 0 radical (unpaired) electrons. The Morgan fingerprint density at radius 3 is 2.70 bits per heavy atom. The second-order valence-corrected chi connectivity index (χ2v) is 4.10. The minimum Gasteiger partial charge on any atom is -0.462 e. The number of ether oxygens (including phenoxy) is 1. The summed E-state index contributed by atoms with van der Waals surface area (Å²) in [5, 5.41) is 2.85. The van der Waals surface area contributed by atoms with E-state index in [9.17, 15) is 9.18 Å². The number of esters is 1. The van der Waals surface area contributed by atoms with Crippen LogP contribution in [0.15, 0.2) is 42.5 Å². The molecule has 0 amide bonds. The Balaban J connectivity index is 2.40. The topological polar surface area (TPSA) is 64.3 Å². The van der Waals surface area contributed by atoms with Gasteiger partial charge < -0.3 is 15.8 Å². The molecule has 0 fully saturated rings. The van der Waals surface area contributed by atoms with E-state index in [1.165, 1.54) is 6.07 Å². The number of para-hydroxylation sites is 2. The second-order valence-electron chi connectivity index (χ2n) is 4.10. The number of nitrogens with two attached hydrogens (primary N) is 1. The van der Waals surface area contributed by atoms with Gasteiger partial charge in [0.1, 0.15) is 5.82 Å². The normalized spacial score (nSPS) is 10.1. The van der Waals surface area contributed by atoms with E-state index in [1.807, 2.05) is 0 Å². The Labute approximate surface area is 116 Å². The number of carbonyl (C=O) groups excluding carboxylic acids is 1. The molecule has 0 bridgehead atoms. The zero-order chi connectivity index (χ0) is 14.5. The molecule has 104 valence electrons. The number of nitrogen functional groups attached to an aromatic ring is 1. The summed E-state index contributed by atoms with van der Waals surface area (Å²) < 4.78 is 18.6. The average molecular weight is 274 g/mol. The zero-order valence-electron chi connectivity index (χ0n) is 11.0. The first-order valence-corrected chi connectivity index (χ1v) is 6.20. The zero-order valence-corrected chi connectivity index (χ0v) is 11.0. The monoisotopic (exact) mass is 274 g/mol. The Bertz CT molecular complexity index is 629. The predicted octanol–water partition coefficient (Wildman–Crippen LogP) is 3.33. The van der Waals surface area contributed by atoms with Crippen LogP contribution in [0.1, 0.15) is 17.3 Å². The van der Waals surface area contributed by atoms with Crippen molar-refractivity contribution in [3.63, 3.8) is 0 Å². The third-order valence-electron chi connectivity index (χ3n) is 2.73. The lowest BCUT2D eigenvalue weighted by molar-refractivity contribution is 0.0527. The molecule has 0 heterocycles. The van der Waals surface area contributed by atoms with E-state index in [2.05, 4.69) is 5.32 Å². The van der Waals surface area contributed by atoms with Gasteiger partial charge >= 0.3 is 5.97 Å². The van der Waals surface area contributed by atoms with Gasteiger partial charge in [-0.25, -0.2) is 9.18 Å². The summed E-state index contributed by atoms with van der Waals surface area (Å²) in [6, 6.07) is 11.0. The molecule has 2 rings (SSSR count). The van der Waals surface area contributed by atoms with Crippen LogP contribution in [0.4, 0.5) is 21.5 Å². The Morgan fingerprint density at radius 1 is 1.25 bits per heavy atom. The fourth-order valence-electron chi connectivity index (χ4n) is 1.79. The molecule has 0 aromatic heterocycles. The summed E-state index contributed by atoms with van der Waals surface area (Å²) in [7, 11) is 0. The van der Waals surface area contributed by atoms with Crippen LogP contribution < -0.4 is 11.1 Å². The van der Waals surface area contributed by atoms with Gasteiger partial charge in [-0.2, -0.15) is 0 Å². The van der Waals surface area contributed by atoms with Crippen molar-refractivity contribution in [2.24, 2.45) is 0 Å². The van der Waals surface area contributed by atoms with E-state index < -0.39 is 11.8 Å². The Kier molecular flexibility index (Phi) is 4.20. The van der Waals surface area contributed by atoms with E-state index in [1.54, 1.807) is 43.3 Å². The van der Waals surface area contributed by atoms with Crippen LogP contribution in [-0.2, 0) is 4.74 Å². The number of benzene rings is 2. The van der Waals surface area contributed by atoms with Crippen molar-refractivity contribution < 1.29 is 13.9 Å². The molecule has 0 aliphatic rings. The second kappa shape index (κ2) is 6.06. The minimum absolute atomic E-state index is 0.246. The number of nitrogens with one attached hydrogen (secondary N) is 1. The average Bonchev–Trinajstić information content (AvgIpc) is 2.43. The van der Waals surface area contributed by atoms with Crippen LogP contribution in [0.2, 0.25) is 0 Å². The third-order valence-corrected chi connectivity index (χ3v) is 2.73. The molecular weight excluding hydrogens is 259 g/mol. The number of hydrogen-bond donors (Lipinski definition) is 2. The summed E-state index contributed by atoms with van der Waals surface area (Å²) >= 11 is 0. The molecule has 0 aliphatic carbocycles. The molecule has 0 saturated heterocycles. The molecular formula is C15H15FN2O2. The van der Waals surface area contributed by atoms with Crippen LogP contribution in [0.3, 0.4) is 0 Å². The van der Waals surface area contributed by atoms with Gasteiger partial charge in [0, 0.05) is 0 Å². The first-order valence-electron chi connectivity index (χ1n) is 6.20. The lowest BCUT2D eigenvalue weighted by Gasteiger charge is -2.14. The van der Waals surface area contributed by atoms with Crippen molar-refractivity contribution in [3.8, 4) is 0 Å². The van der Waals surface area contributed by atoms with Gasteiger partial charge in [0.15, 0.2) is 0 Å². The van der Waals surface area contributed by atoms with Crippen molar-refractivity contribution in [1.29, 1.82) is 0 Å². The molecule has 0 aliphatic heterocycles. The minimum atomic E-state index is -0.501. The van der Waals surface area contributed by atoms with Crippen LogP contribution in [-0.4, -0.2) is 12.6 Å². The maximum Gasteiger partial charge on any atom is 0.340 e. The van der Waals surface area contributed by atoms with E-state index in [0.29, 0.717) is 11.4 Å². The highest BCUT2D eigenvalue weighted by Gasteiger charge is 2.15. The van der Waals surface area contributed by atoms with Gasteiger partial charge in [-0.3, -0.25) is 0 Å². The molecule has 0 spiro atoms.